The minimum Gasteiger partial charge on any atom is -0.388 e. The Labute approximate surface area is 87.4 Å². The molecule has 1 N–H and O–H groups in total. The van der Waals surface area contributed by atoms with Crippen LogP contribution in [0.25, 0.3) is 0 Å². The van der Waals surface area contributed by atoms with Crippen molar-refractivity contribution in [3.8, 4) is 0 Å². The van der Waals surface area contributed by atoms with Gasteiger partial charge in [0.1, 0.15) is 0 Å². The molecule has 3 heteroatoms. The molecule has 0 aromatic carbocycles. The Morgan fingerprint density at radius 2 is 2.31 bits per heavy atom. The first-order chi connectivity index (χ1) is 6.25. The minimum absolute atomic E-state index is 0.293. The van der Waals surface area contributed by atoms with E-state index in [1.54, 1.807) is 0 Å². The predicted octanol–water partition coefficient (Wildman–Crippen LogP) is 3.63. The highest BCUT2D eigenvalue weighted by molar-refractivity contribution is 7.16. The highest BCUT2D eigenvalue weighted by Crippen LogP contribution is 2.37. The summed E-state index contributed by atoms with van der Waals surface area (Å²) in [5.74, 6) is 0.894. The molecule has 1 saturated carbocycles. The van der Waals surface area contributed by atoms with Crippen molar-refractivity contribution in [1.82, 2.24) is 0 Å². The number of aliphatic hydroxyl groups is 1. The molecule has 0 spiro atoms. The Bertz CT molecular complexity index is 280. The summed E-state index contributed by atoms with van der Waals surface area (Å²) in [5.41, 5.74) is 0. The topological polar surface area (TPSA) is 20.2 Å². The van der Waals surface area contributed by atoms with Crippen molar-refractivity contribution in [3.63, 3.8) is 0 Å². The van der Waals surface area contributed by atoms with E-state index in [0.717, 1.165) is 28.0 Å². The summed E-state index contributed by atoms with van der Waals surface area (Å²) in [6.07, 6.45) is 4.48. The van der Waals surface area contributed by atoms with Crippen molar-refractivity contribution in [2.45, 2.75) is 31.8 Å². The molecule has 1 atom stereocenters. The van der Waals surface area contributed by atoms with Crippen molar-refractivity contribution in [2.75, 3.05) is 0 Å². The molecule has 1 aliphatic rings. The molecule has 0 amide bonds. The summed E-state index contributed by atoms with van der Waals surface area (Å²) in [6.45, 7) is 0. The molecule has 0 radical (unpaired) electrons. The van der Waals surface area contributed by atoms with Crippen LogP contribution < -0.4 is 0 Å². The van der Waals surface area contributed by atoms with E-state index in [-0.39, 0.29) is 6.10 Å². The maximum absolute atomic E-state index is 9.76. The molecule has 0 aliphatic heterocycles. The first kappa shape index (κ1) is 9.50. The third-order valence-corrected chi connectivity index (χ3v) is 3.80. The summed E-state index contributed by atoms with van der Waals surface area (Å²) >= 11 is 7.27. The summed E-state index contributed by atoms with van der Waals surface area (Å²) in [5, 5.41) is 9.76. The summed E-state index contributed by atoms with van der Waals surface area (Å²) in [6, 6.07) is 3.77. The van der Waals surface area contributed by atoms with Gasteiger partial charge >= 0.3 is 0 Å². The lowest BCUT2D eigenvalue weighted by Gasteiger charge is -2.06. The van der Waals surface area contributed by atoms with Gasteiger partial charge in [0.25, 0.3) is 0 Å². The average Bonchev–Trinajstić information content (AvgIpc) is 2.84. The molecule has 1 fully saturated rings. The number of hydrogen-bond acceptors (Lipinski definition) is 2. The van der Waals surface area contributed by atoms with Gasteiger partial charge in [-0.2, -0.15) is 0 Å². The zero-order valence-corrected chi connectivity index (χ0v) is 8.94. The van der Waals surface area contributed by atoms with Crippen LogP contribution in [0.2, 0.25) is 4.34 Å². The van der Waals surface area contributed by atoms with Crippen LogP contribution in [0.5, 0.6) is 0 Å². The smallest absolute Gasteiger partial charge is 0.0932 e. The largest absolute Gasteiger partial charge is 0.388 e. The third-order valence-electron chi connectivity index (χ3n) is 2.47. The van der Waals surface area contributed by atoms with E-state index in [0.29, 0.717) is 0 Å². The first-order valence-electron chi connectivity index (χ1n) is 4.69. The standard InChI is InChI=1S/C10H13ClOS/c11-10-6-5-9(13-10)8(12)4-3-7-1-2-7/h5-8,12H,1-4H2. The Morgan fingerprint density at radius 3 is 2.85 bits per heavy atom. The Kier molecular flexibility index (Phi) is 2.92. The van der Waals surface area contributed by atoms with E-state index in [1.807, 2.05) is 12.1 Å². The van der Waals surface area contributed by atoms with Crippen LogP contribution in [0.15, 0.2) is 12.1 Å². The zero-order chi connectivity index (χ0) is 9.26. The lowest BCUT2D eigenvalue weighted by Crippen LogP contribution is -1.94. The molecule has 1 nitrogen and oxygen atoms in total. The Hall–Kier alpha value is -0.0500. The molecule has 72 valence electrons. The van der Waals surface area contributed by atoms with Crippen LogP contribution in [-0.4, -0.2) is 5.11 Å². The maximum Gasteiger partial charge on any atom is 0.0932 e. The summed E-state index contributed by atoms with van der Waals surface area (Å²) in [7, 11) is 0. The summed E-state index contributed by atoms with van der Waals surface area (Å²) in [4.78, 5) is 1.01. The van der Waals surface area contributed by atoms with Gasteiger partial charge in [0.2, 0.25) is 0 Å². The van der Waals surface area contributed by atoms with Crippen molar-refractivity contribution >= 4 is 22.9 Å². The van der Waals surface area contributed by atoms with Crippen LogP contribution >= 0.6 is 22.9 Å². The molecule has 1 heterocycles. The van der Waals surface area contributed by atoms with E-state index in [1.165, 1.54) is 24.2 Å². The number of halogens is 1. The SMILES string of the molecule is OC(CCC1CC1)c1ccc(Cl)s1. The highest BCUT2D eigenvalue weighted by atomic mass is 35.5. The van der Waals surface area contributed by atoms with E-state index in [9.17, 15) is 5.11 Å². The van der Waals surface area contributed by atoms with Gasteiger partial charge < -0.3 is 5.11 Å². The van der Waals surface area contributed by atoms with Crippen LogP contribution in [0.4, 0.5) is 0 Å². The fraction of sp³-hybridized carbons (Fsp3) is 0.600. The Morgan fingerprint density at radius 1 is 1.54 bits per heavy atom. The van der Waals surface area contributed by atoms with Gasteiger partial charge in [-0.25, -0.2) is 0 Å². The van der Waals surface area contributed by atoms with Gasteiger partial charge in [-0.05, 0) is 30.9 Å². The average molecular weight is 217 g/mol. The van der Waals surface area contributed by atoms with E-state index >= 15 is 0 Å². The number of thiophene rings is 1. The van der Waals surface area contributed by atoms with Crippen LogP contribution in [0.1, 0.15) is 36.7 Å². The van der Waals surface area contributed by atoms with Gasteiger partial charge in [-0.3, -0.25) is 0 Å². The molecule has 13 heavy (non-hydrogen) atoms. The second kappa shape index (κ2) is 3.99. The van der Waals surface area contributed by atoms with E-state index in [2.05, 4.69) is 0 Å². The fourth-order valence-corrected chi connectivity index (χ4v) is 2.53. The minimum atomic E-state index is -0.293. The number of aliphatic hydroxyl groups excluding tert-OH is 1. The molecule has 1 aromatic heterocycles. The first-order valence-corrected chi connectivity index (χ1v) is 5.88. The third kappa shape index (κ3) is 2.70. The lowest BCUT2D eigenvalue weighted by molar-refractivity contribution is 0.166. The maximum atomic E-state index is 9.76. The van der Waals surface area contributed by atoms with Gasteiger partial charge in [-0.1, -0.05) is 24.4 Å². The van der Waals surface area contributed by atoms with Crippen molar-refractivity contribution in [2.24, 2.45) is 5.92 Å². The molecule has 1 aromatic rings. The zero-order valence-electron chi connectivity index (χ0n) is 7.37. The normalized spacial score (nSPS) is 18.9. The molecule has 1 aliphatic carbocycles. The van der Waals surface area contributed by atoms with Crippen molar-refractivity contribution in [3.05, 3.63) is 21.3 Å². The highest BCUT2D eigenvalue weighted by Gasteiger charge is 2.22. The molecular weight excluding hydrogens is 204 g/mol. The van der Waals surface area contributed by atoms with E-state index < -0.39 is 0 Å². The van der Waals surface area contributed by atoms with Gasteiger partial charge in [0, 0.05) is 4.88 Å². The quantitative estimate of drug-likeness (QED) is 0.815. The van der Waals surface area contributed by atoms with E-state index in [4.69, 9.17) is 11.6 Å². The lowest BCUT2D eigenvalue weighted by atomic mass is 10.1. The molecule has 0 bridgehead atoms. The number of hydrogen-bond donors (Lipinski definition) is 1. The predicted molar refractivity (Wildman–Crippen MR) is 56.2 cm³/mol. The molecule has 0 saturated heterocycles. The second-order valence-electron chi connectivity index (χ2n) is 3.68. The fourth-order valence-electron chi connectivity index (χ4n) is 1.45. The van der Waals surface area contributed by atoms with Gasteiger partial charge in [-0.15, -0.1) is 11.3 Å². The molecular formula is C10H13ClOS. The molecule has 1 unspecified atom stereocenters. The molecule has 2 rings (SSSR count). The summed E-state index contributed by atoms with van der Waals surface area (Å²) < 4.78 is 0.764. The van der Waals surface area contributed by atoms with Gasteiger partial charge in [0.15, 0.2) is 0 Å². The monoisotopic (exact) mass is 216 g/mol. The van der Waals surface area contributed by atoms with Gasteiger partial charge in [0.05, 0.1) is 10.4 Å². The Balaban J connectivity index is 1.84. The number of rotatable bonds is 4. The van der Waals surface area contributed by atoms with Crippen LogP contribution in [0, 0.1) is 5.92 Å². The van der Waals surface area contributed by atoms with Crippen molar-refractivity contribution < 1.29 is 5.11 Å². The van der Waals surface area contributed by atoms with Crippen molar-refractivity contribution in [1.29, 1.82) is 0 Å². The second-order valence-corrected chi connectivity index (χ2v) is 5.43. The van der Waals surface area contributed by atoms with Crippen LogP contribution in [-0.2, 0) is 0 Å². The van der Waals surface area contributed by atoms with Crippen LogP contribution in [0.3, 0.4) is 0 Å².